The summed E-state index contributed by atoms with van der Waals surface area (Å²) < 4.78 is 4.62. The van der Waals surface area contributed by atoms with E-state index >= 15 is 0 Å². The van der Waals surface area contributed by atoms with Gasteiger partial charge in [0.25, 0.3) is 0 Å². The van der Waals surface area contributed by atoms with E-state index in [0.29, 0.717) is 24.8 Å². The van der Waals surface area contributed by atoms with E-state index < -0.39 is 6.09 Å². The number of aromatic nitrogens is 1. The van der Waals surface area contributed by atoms with Crippen molar-refractivity contribution in [3.63, 3.8) is 0 Å². The normalized spacial score (nSPS) is 15.0. The molecule has 1 aromatic rings. The zero-order valence-electron chi connectivity index (χ0n) is 12.5. The summed E-state index contributed by atoms with van der Waals surface area (Å²) in [6.45, 7) is 4.99. The summed E-state index contributed by atoms with van der Waals surface area (Å²) in [6.07, 6.45) is 1.26. The second-order valence-electron chi connectivity index (χ2n) is 4.95. The maximum atomic E-state index is 12.1. The van der Waals surface area contributed by atoms with Gasteiger partial charge >= 0.3 is 6.09 Å². The fraction of sp³-hybridized carbons (Fsp3) is 0.500. The van der Waals surface area contributed by atoms with Crippen LogP contribution in [0.4, 0.5) is 10.6 Å². The van der Waals surface area contributed by atoms with Crippen molar-refractivity contribution in [3.8, 4) is 0 Å². The van der Waals surface area contributed by atoms with E-state index in [4.69, 9.17) is 0 Å². The van der Waals surface area contributed by atoms with E-state index in [2.05, 4.69) is 29.6 Å². The quantitative estimate of drug-likeness (QED) is 0.744. The third kappa shape index (κ3) is 4.23. The number of nitrogens with zero attached hydrogens (tertiary/aromatic N) is 3. The topological polar surface area (TPSA) is 62.7 Å². The third-order valence-corrected chi connectivity index (χ3v) is 3.26. The Morgan fingerprint density at radius 1 is 1.43 bits per heavy atom. The molecule has 0 bridgehead atoms. The van der Waals surface area contributed by atoms with Gasteiger partial charge < -0.3 is 14.6 Å². The average Bonchev–Trinajstić information content (AvgIpc) is 2.46. The number of amides is 2. The summed E-state index contributed by atoms with van der Waals surface area (Å²) >= 11 is 0. The van der Waals surface area contributed by atoms with Crippen molar-refractivity contribution in [1.82, 2.24) is 9.88 Å². The van der Waals surface area contributed by atoms with Crippen LogP contribution in [-0.2, 0) is 42.2 Å². The number of carbonyl (C=O) groups excluding carboxylic acids is 2. The molecule has 0 atom stereocenters. The van der Waals surface area contributed by atoms with E-state index in [-0.39, 0.29) is 45.2 Å². The molecule has 7 heteroatoms. The van der Waals surface area contributed by atoms with Gasteiger partial charge in [-0.15, -0.1) is 11.6 Å². The number of piperazine rings is 1. The summed E-state index contributed by atoms with van der Waals surface area (Å²) in [5, 5.41) is 0. The molecule has 2 amide bonds. The molecule has 111 valence electrons. The van der Waals surface area contributed by atoms with Gasteiger partial charge in [-0.3, -0.25) is 9.69 Å². The standard InChI is InChI=1S/C14H18N3O3.Y/c1-10(2)11-4-5-12(15-8-11)17-7-6-16(9-13(17)18)14(19)20-3;/h5,8,10H,6-7,9H2,1-3H3;/q-1;. The first kappa shape index (κ1) is 18.0. The van der Waals surface area contributed by atoms with Crippen LogP contribution in [0.3, 0.4) is 0 Å². The maximum absolute atomic E-state index is 12.1. The minimum absolute atomic E-state index is 0. The number of anilines is 1. The molecule has 1 saturated heterocycles. The van der Waals surface area contributed by atoms with Crippen molar-refractivity contribution in [2.45, 2.75) is 19.8 Å². The average molecular weight is 365 g/mol. The van der Waals surface area contributed by atoms with Gasteiger partial charge in [0.2, 0.25) is 5.91 Å². The monoisotopic (exact) mass is 365 g/mol. The Morgan fingerprint density at radius 2 is 2.14 bits per heavy atom. The second-order valence-corrected chi connectivity index (χ2v) is 4.95. The molecule has 2 rings (SSSR count). The van der Waals surface area contributed by atoms with E-state index in [1.165, 1.54) is 12.0 Å². The minimum atomic E-state index is -0.479. The van der Waals surface area contributed by atoms with Crippen molar-refractivity contribution >= 4 is 17.8 Å². The summed E-state index contributed by atoms with van der Waals surface area (Å²) in [4.78, 5) is 30.7. The molecular formula is C14H18N3O3Y-. The summed E-state index contributed by atoms with van der Waals surface area (Å²) in [6, 6.07) is 4.86. The maximum Gasteiger partial charge on any atom is 0.410 e. The molecule has 2 heterocycles. The summed E-state index contributed by atoms with van der Waals surface area (Å²) in [5.74, 6) is 0.757. The smallest absolute Gasteiger partial charge is 0.410 e. The molecule has 0 saturated carbocycles. The summed E-state index contributed by atoms with van der Waals surface area (Å²) in [7, 11) is 1.31. The number of ether oxygens (including phenoxy) is 1. The molecule has 0 unspecified atom stereocenters. The van der Waals surface area contributed by atoms with Crippen LogP contribution in [0.2, 0.25) is 0 Å². The Labute approximate surface area is 149 Å². The van der Waals surface area contributed by atoms with E-state index in [1.54, 1.807) is 17.2 Å². The van der Waals surface area contributed by atoms with Crippen molar-refractivity contribution < 1.29 is 47.0 Å². The van der Waals surface area contributed by atoms with Crippen LogP contribution in [0.15, 0.2) is 12.3 Å². The van der Waals surface area contributed by atoms with Gasteiger partial charge in [-0.05, 0) is 5.92 Å². The SMILES string of the molecule is COC(=O)N1CCN(c2c[c-]c(C(C)C)cn2)C(=O)C1.[Y]. The van der Waals surface area contributed by atoms with Gasteiger partial charge in [0.1, 0.15) is 6.54 Å². The Morgan fingerprint density at radius 3 is 2.62 bits per heavy atom. The fourth-order valence-corrected chi connectivity index (χ4v) is 2.02. The van der Waals surface area contributed by atoms with Gasteiger partial charge in [-0.1, -0.05) is 20.0 Å². The number of pyridine rings is 1. The van der Waals surface area contributed by atoms with Gasteiger partial charge in [0.05, 0.1) is 7.11 Å². The van der Waals surface area contributed by atoms with Crippen molar-refractivity contribution in [2.75, 3.05) is 31.6 Å². The number of methoxy groups -OCH3 is 1. The van der Waals surface area contributed by atoms with Crippen LogP contribution in [0, 0.1) is 6.07 Å². The molecule has 0 aliphatic carbocycles. The van der Waals surface area contributed by atoms with Crippen molar-refractivity contribution in [1.29, 1.82) is 0 Å². The molecule has 1 aliphatic rings. The molecule has 6 nitrogen and oxygen atoms in total. The first-order valence-corrected chi connectivity index (χ1v) is 6.53. The zero-order chi connectivity index (χ0) is 14.7. The van der Waals surface area contributed by atoms with Crippen LogP contribution in [0.25, 0.3) is 0 Å². The fourth-order valence-electron chi connectivity index (χ4n) is 2.02. The first-order valence-electron chi connectivity index (χ1n) is 6.53. The molecule has 1 aliphatic heterocycles. The van der Waals surface area contributed by atoms with E-state index in [1.807, 2.05) is 0 Å². The van der Waals surface area contributed by atoms with Crippen LogP contribution in [0.5, 0.6) is 0 Å². The number of rotatable bonds is 2. The predicted octanol–water partition coefficient (Wildman–Crippen LogP) is 1.42. The Hall–Kier alpha value is -1.01. The molecule has 1 aromatic heterocycles. The Bertz CT molecular complexity index is 505. The molecular weight excluding hydrogens is 347 g/mol. The van der Waals surface area contributed by atoms with Gasteiger partial charge in [-0.2, -0.15) is 6.07 Å². The van der Waals surface area contributed by atoms with Gasteiger partial charge in [0, 0.05) is 51.6 Å². The summed E-state index contributed by atoms with van der Waals surface area (Å²) in [5.41, 5.74) is 1.01. The van der Waals surface area contributed by atoms with Gasteiger partial charge in [0.15, 0.2) is 0 Å². The van der Waals surface area contributed by atoms with Crippen LogP contribution < -0.4 is 4.90 Å². The molecule has 0 aromatic carbocycles. The van der Waals surface area contributed by atoms with Crippen LogP contribution >= 0.6 is 0 Å². The van der Waals surface area contributed by atoms with Gasteiger partial charge in [-0.25, -0.2) is 4.79 Å². The first-order chi connectivity index (χ1) is 9.52. The van der Waals surface area contributed by atoms with Crippen LogP contribution in [-0.4, -0.2) is 48.6 Å². The predicted molar refractivity (Wildman–Crippen MR) is 73.5 cm³/mol. The van der Waals surface area contributed by atoms with E-state index in [0.717, 1.165) is 5.56 Å². The Kier molecular flexibility index (Phi) is 6.74. The minimum Gasteiger partial charge on any atom is -0.453 e. The second kappa shape index (κ2) is 7.85. The largest absolute Gasteiger partial charge is 0.453 e. The molecule has 0 N–H and O–H groups in total. The third-order valence-electron chi connectivity index (χ3n) is 3.26. The molecule has 0 spiro atoms. The molecule has 1 fully saturated rings. The number of carbonyl (C=O) groups is 2. The zero-order valence-corrected chi connectivity index (χ0v) is 15.3. The number of hydrogen-bond acceptors (Lipinski definition) is 4. The van der Waals surface area contributed by atoms with Crippen molar-refractivity contribution in [3.05, 3.63) is 23.9 Å². The van der Waals surface area contributed by atoms with Crippen LogP contribution in [0.1, 0.15) is 25.3 Å². The molecule has 1 radical (unpaired) electrons. The number of hydrogen-bond donors (Lipinski definition) is 0. The molecule has 21 heavy (non-hydrogen) atoms. The van der Waals surface area contributed by atoms with E-state index in [9.17, 15) is 9.59 Å². The Balaban J connectivity index is 0.00000220. The van der Waals surface area contributed by atoms with Crippen molar-refractivity contribution in [2.24, 2.45) is 0 Å².